The van der Waals surface area contributed by atoms with Gasteiger partial charge in [0.2, 0.25) is 0 Å². The number of rotatable bonds is 7. The van der Waals surface area contributed by atoms with Crippen molar-refractivity contribution in [1.82, 2.24) is 14.0 Å². The predicted molar refractivity (Wildman–Crippen MR) is 135 cm³/mol. The first-order valence-electron chi connectivity index (χ1n) is 11.6. The number of aryl methyl sites for hydroxylation is 1. The molecule has 2 N–H and O–H groups in total. The largest absolute Gasteiger partial charge is 0.384 e. The van der Waals surface area contributed by atoms with Gasteiger partial charge >= 0.3 is 5.69 Å². The van der Waals surface area contributed by atoms with Gasteiger partial charge in [-0.3, -0.25) is 23.6 Å². The van der Waals surface area contributed by atoms with E-state index in [9.17, 15) is 14.4 Å². The number of hydrogen-bond acceptors (Lipinski definition) is 6. The van der Waals surface area contributed by atoms with Crippen molar-refractivity contribution in [1.29, 1.82) is 0 Å². The van der Waals surface area contributed by atoms with E-state index in [1.807, 2.05) is 41.3 Å². The smallest absolute Gasteiger partial charge is 0.332 e. The number of nitrogens with zero attached hydrogens (tertiary/aromatic N) is 4. The highest BCUT2D eigenvalue weighted by molar-refractivity contribution is 6.01. The number of aromatic nitrogens is 2. The summed E-state index contributed by atoms with van der Waals surface area (Å²) in [5, 5.41) is 0. The number of anilines is 2. The van der Waals surface area contributed by atoms with E-state index in [1.165, 1.54) is 15.8 Å². The Morgan fingerprint density at radius 3 is 2.29 bits per heavy atom. The molecule has 8 heteroatoms. The summed E-state index contributed by atoms with van der Waals surface area (Å²) >= 11 is 0. The summed E-state index contributed by atoms with van der Waals surface area (Å²) in [5.74, 6) is -0.414. The zero-order chi connectivity index (χ0) is 24.2. The first-order chi connectivity index (χ1) is 16.4. The number of benzene rings is 2. The first kappa shape index (κ1) is 23.5. The van der Waals surface area contributed by atoms with E-state index in [1.54, 1.807) is 6.92 Å². The average molecular weight is 462 g/mol. The van der Waals surface area contributed by atoms with Crippen LogP contribution in [-0.2, 0) is 13.1 Å². The Balaban J connectivity index is 1.54. The van der Waals surface area contributed by atoms with E-state index < -0.39 is 11.2 Å². The van der Waals surface area contributed by atoms with Crippen LogP contribution < -0.4 is 21.9 Å². The third kappa shape index (κ3) is 4.82. The number of carbonyl (C=O) groups excluding carboxylic acids is 1. The molecule has 0 bridgehead atoms. The Kier molecular flexibility index (Phi) is 6.98. The van der Waals surface area contributed by atoms with Gasteiger partial charge in [0, 0.05) is 38.4 Å². The van der Waals surface area contributed by atoms with Crippen molar-refractivity contribution in [2.24, 2.45) is 0 Å². The zero-order valence-electron chi connectivity index (χ0n) is 19.7. The Hall–Kier alpha value is -3.65. The molecule has 0 aliphatic carbocycles. The lowest BCUT2D eigenvalue weighted by molar-refractivity contribution is 0.0924. The Morgan fingerprint density at radius 2 is 1.65 bits per heavy atom. The average Bonchev–Trinajstić information content (AvgIpc) is 2.83. The molecule has 8 nitrogen and oxygen atoms in total. The minimum absolute atomic E-state index is 0.0630. The highest BCUT2D eigenvalue weighted by Gasteiger charge is 2.26. The molecule has 4 rings (SSSR count). The number of nitrogens with two attached hydrogens (primary N) is 1. The summed E-state index contributed by atoms with van der Waals surface area (Å²) in [4.78, 5) is 43.6. The van der Waals surface area contributed by atoms with Crippen molar-refractivity contribution in [3.63, 3.8) is 0 Å². The second kappa shape index (κ2) is 10.1. The molecule has 2 aromatic carbocycles. The van der Waals surface area contributed by atoms with Gasteiger partial charge in [0.1, 0.15) is 11.4 Å². The zero-order valence-corrected chi connectivity index (χ0v) is 19.7. The predicted octanol–water partition coefficient (Wildman–Crippen LogP) is 1.97. The lowest BCUT2D eigenvalue weighted by atomic mass is 10.1. The fraction of sp³-hybridized carbons (Fsp3) is 0.346. The van der Waals surface area contributed by atoms with E-state index in [4.69, 9.17) is 5.73 Å². The molecule has 1 fully saturated rings. The lowest BCUT2D eigenvalue weighted by Gasteiger charge is -2.36. The molecule has 1 saturated heterocycles. The van der Waals surface area contributed by atoms with Crippen LogP contribution in [0.3, 0.4) is 0 Å². The van der Waals surface area contributed by atoms with Crippen molar-refractivity contribution in [3.8, 4) is 0 Å². The Bertz CT molecular complexity index is 1290. The summed E-state index contributed by atoms with van der Waals surface area (Å²) in [5.41, 5.74) is 8.31. The molecule has 0 saturated carbocycles. The maximum absolute atomic E-state index is 13.3. The number of piperazine rings is 1. The van der Waals surface area contributed by atoms with Gasteiger partial charge in [0.05, 0.1) is 13.1 Å². The minimum Gasteiger partial charge on any atom is -0.384 e. The fourth-order valence-corrected chi connectivity index (χ4v) is 4.45. The van der Waals surface area contributed by atoms with Crippen molar-refractivity contribution < 1.29 is 4.79 Å². The Morgan fingerprint density at radius 1 is 0.941 bits per heavy atom. The van der Waals surface area contributed by atoms with Gasteiger partial charge in [0.15, 0.2) is 5.78 Å². The normalized spacial score (nSPS) is 14.4. The molecular weight excluding hydrogens is 430 g/mol. The third-order valence-corrected chi connectivity index (χ3v) is 6.35. The first-order valence-corrected chi connectivity index (χ1v) is 11.6. The van der Waals surface area contributed by atoms with E-state index in [2.05, 4.69) is 30.0 Å². The number of carbonyl (C=O) groups is 1. The second-order valence-electron chi connectivity index (χ2n) is 8.69. The second-order valence-corrected chi connectivity index (χ2v) is 8.69. The SMILES string of the molecule is CCn1c(=O)c(C(=O)CN2CCN(c3cccc(C)c3)CC2)c(N)n(Cc2ccccc2)c1=O. The van der Waals surface area contributed by atoms with Gasteiger partial charge in [-0.15, -0.1) is 0 Å². The van der Waals surface area contributed by atoms with E-state index in [0.29, 0.717) is 13.1 Å². The number of hydrogen-bond donors (Lipinski definition) is 1. The Labute approximate surface area is 198 Å². The van der Waals surface area contributed by atoms with Gasteiger partial charge in [-0.1, -0.05) is 42.5 Å². The number of Topliss-reactive ketones (excluding diaryl/α,β-unsaturated/α-hetero) is 1. The topological polar surface area (TPSA) is 93.6 Å². The summed E-state index contributed by atoms with van der Waals surface area (Å²) in [6.07, 6.45) is 0. The monoisotopic (exact) mass is 461 g/mol. The molecule has 0 radical (unpaired) electrons. The quantitative estimate of drug-likeness (QED) is 0.541. The maximum atomic E-state index is 13.3. The summed E-state index contributed by atoms with van der Waals surface area (Å²) in [7, 11) is 0. The van der Waals surface area contributed by atoms with Crippen LogP contribution in [0.4, 0.5) is 11.5 Å². The minimum atomic E-state index is -0.613. The van der Waals surface area contributed by atoms with Crippen molar-refractivity contribution >= 4 is 17.3 Å². The van der Waals surface area contributed by atoms with Crippen molar-refractivity contribution in [2.75, 3.05) is 43.4 Å². The van der Waals surface area contributed by atoms with Crippen LogP contribution in [0.25, 0.3) is 0 Å². The molecule has 1 aliphatic rings. The number of nitrogen functional groups attached to an aromatic ring is 1. The molecule has 0 unspecified atom stereocenters. The van der Waals surface area contributed by atoms with Crippen molar-refractivity contribution in [2.45, 2.75) is 26.9 Å². The maximum Gasteiger partial charge on any atom is 0.332 e. The molecule has 178 valence electrons. The molecule has 1 aliphatic heterocycles. The molecule has 0 amide bonds. The fourth-order valence-electron chi connectivity index (χ4n) is 4.45. The molecule has 3 aromatic rings. The van der Waals surface area contributed by atoms with Crippen LogP contribution in [0, 0.1) is 6.92 Å². The third-order valence-electron chi connectivity index (χ3n) is 6.35. The summed E-state index contributed by atoms with van der Waals surface area (Å²) in [6, 6.07) is 17.8. The van der Waals surface area contributed by atoms with Gasteiger partial charge in [-0.05, 0) is 37.1 Å². The van der Waals surface area contributed by atoms with Crippen LogP contribution in [-0.4, -0.2) is 52.5 Å². The highest BCUT2D eigenvalue weighted by Crippen LogP contribution is 2.18. The molecule has 1 aromatic heterocycles. The van der Waals surface area contributed by atoms with Crippen LogP contribution in [0.5, 0.6) is 0 Å². The highest BCUT2D eigenvalue weighted by atomic mass is 16.2. The van der Waals surface area contributed by atoms with Crippen LogP contribution >= 0.6 is 0 Å². The van der Waals surface area contributed by atoms with Gasteiger partial charge in [-0.25, -0.2) is 4.79 Å². The van der Waals surface area contributed by atoms with Crippen LogP contribution in [0.15, 0.2) is 64.2 Å². The molecule has 0 atom stereocenters. The molecule has 34 heavy (non-hydrogen) atoms. The van der Waals surface area contributed by atoms with E-state index >= 15 is 0 Å². The van der Waals surface area contributed by atoms with E-state index in [-0.39, 0.29) is 36.8 Å². The van der Waals surface area contributed by atoms with Crippen LogP contribution in [0.2, 0.25) is 0 Å². The standard InChI is InChI=1S/C26H31N5O3/c1-3-30-25(33)23(24(27)31(26(30)34)17-20-9-5-4-6-10-20)22(32)18-28-12-14-29(15-13-28)21-11-7-8-19(2)16-21/h4-11,16H,3,12-15,17-18,27H2,1-2H3. The van der Waals surface area contributed by atoms with E-state index in [0.717, 1.165) is 23.2 Å². The van der Waals surface area contributed by atoms with Gasteiger partial charge in [0.25, 0.3) is 5.56 Å². The number of ketones is 1. The summed E-state index contributed by atoms with van der Waals surface area (Å²) in [6.45, 7) is 7.22. The lowest BCUT2D eigenvalue weighted by Crippen LogP contribution is -2.49. The molecular formula is C26H31N5O3. The molecule has 0 spiro atoms. The summed E-state index contributed by atoms with van der Waals surface area (Å²) < 4.78 is 2.41. The van der Waals surface area contributed by atoms with Crippen LogP contribution in [0.1, 0.15) is 28.4 Å². The molecule has 2 heterocycles. The van der Waals surface area contributed by atoms with Crippen molar-refractivity contribution in [3.05, 3.63) is 92.1 Å². The van der Waals surface area contributed by atoms with Gasteiger partial charge in [-0.2, -0.15) is 0 Å². The van der Waals surface area contributed by atoms with Gasteiger partial charge < -0.3 is 10.6 Å².